The van der Waals surface area contributed by atoms with E-state index in [-0.39, 0.29) is 48.1 Å². The van der Waals surface area contributed by atoms with E-state index in [2.05, 4.69) is 17.2 Å². The molecule has 0 aromatic heterocycles. The maximum atomic E-state index is 14.5. The number of benzene rings is 2. The first-order valence-corrected chi connectivity index (χ1v) is 21.5. The molecular weight excluding hydrogens is 779 g/mol. The van der Waals surface area contributed by atoms with Gasteiger partial charge in [0.1, 0.15) is 23.9 Å². The number of carbonyl (C=O) groups excluding carboxylic acids is 4. The fraction of sp³-hybridized carbons (Fsp3) is 0.596. The maximum absolute atomic E-state index is 14.5. The number of hydrogen-bond donors (Lipinski definition) is 4. The first-order chi connectivity index (χ1) is 28.9. The minimum Gasteiger partial charge on any atom is -0.508 e. The molecule has 0 spiro atoms. The van der Waals surface area contributed by atoms with Crippen LogP contribution in [0.1, 0.15) is 78.4 Å². The van der Waals surface area contributed by atoms with Crippen LogP contribution in [0.3, 0.4) is 0 Å². The minimum atomic E-state index is -1.15. The van der Waals surface area contributed by atoms with Gasteiger partial charge in [-0.15, -0.1) is 0 Å². The molecule has 3 rings (SSSR count). The number of nitrogens with one attached hydrogen (secondary N) is 2. The van der Waals surface area contributed by atoms with Gasteiger partial charge in [-0.05, 0) is 68.3 Å². The molecule has 4 amide bonds. The summed E-state index contributed by atoms with van der Waals surface area (Å²) < 4.78 is 11.9. The molecule has 2 aromatic rings. The van der Waals surface area contributed by atoms with Crippen molar-refractivity contribution in [2.45, 2.75) is 122 Å². The van der Waals surface area contributed by atoms with Crippen LogP contribution in [0, 0.1) is 17.8 Å². The number of hydrogen-bond acceptors (Lipinski definition) is 9. The Bertz CT molecular complexity index is 1760. The maximum Gasteiger partial charge on any atom is 0.326 e. The number of likely N-dealkylation sites (N-methyl/N-ethyl adjacent to an activating group) is 2. The van der Waals surface area contributed by atoms with Crippen LogP contribution in [0.2, 0.25) is 0 Å². The van der Waals surface area contributed by atoms with Crippen LogP contribution >= 0.6 is 0 Å². The number of rotatable bonds is 24. The van der Waals surface area contributed by atoms with E-state index in [4.69, 9.17) is 9.47 Å². The number of ether oxygens (including phenoxy) is 2. The average Bonchev–Trinajstić information content (AvgIpc) is 3.71. The first kappa shape index (κ1) is 50.6. The molecule has 0 saturated carbocycles. The van der Waals surface area contributed by atoms with Crippen molar-refractivity contribution < 1.29 is 43.7 Å². The molecule has 0 bridgehead atoms. The smallest absolute Gasteiger partial charge is 0.326 e. The Morgan fingerprint density at radius 3 is 2.10 bits per heavy atom. The molecular formula is C47H71N5O9. The van der Waals surface area contributed by atoms with Gasteiger partial charge in [-0.3, -0.25) is 24.1 Å². The number of carboxylic acids is 1. The van der Waals surface area contributed by atoms with Crippen molar-refractivity contribution in [3.63, 3.8) is 0 Å². The Labute approximate surface area is 363 Å². The van der Waals surface area contributed by atoms with Crippen LogP contribution in [0.25, 0.3) is 0 Å². The Morgan fingerprint density at radius 1 is 0.918 bits per heavy atom. The molecule has 0 aliphatic carbocycles. The molecule has 0 unspecified atom stereocenters. The molecule has 1 fully saturated rings. The Morgan fingerprint density at radius 2 is 1.56 bits per heavy atom. The number of carboxylic acid groups (broad SMARTS) is 1. The van der Waals surface area contributed by atoms with Gasteiger partial charge in [-0.1, -0.05) is 95.7 Å². The summed E-state index contributed by atoms with van der Waals surface area (Å²) in [5.41, 5.74) is 2.41. The van der Waals surface area contributed by atoms with Crippen molar-refractivity contribution in [1.82, 2.24) is 25.3 Å². The number of amides is 4. The van der Waals surface area contributed by atoms with Gasteiger partial charge >= 0.3 is 5.97 Å². The van der Waals surface area contributed by atoms with E-state index in [9.17, 15) is 34.2 Å². The van der Waals surface area contributed by atoms with E-state index in [1.807, 2.05) is 82.1 Å². The number of nitrogens with zero attached hydrogens (tertiary/aromatic N) is 3. The van der Waals surface area contributed by atoms with E-state index in [0.717, 1.165) is 11.1 Å². The summed E-state index contributed by atoms with van der Waals surface area (Å²) in [6.07, 6.45) is 1.26. The summed E-state index contributed by atoms with van der Waals surface area (Å²) in [6.45, 7) is 16.3. The largest absolute Gasteiger partial charge is 0.508 e. The molecule has 14 nitrogen and oxygen atoms in total. The average molecular weight is 850 g/mol. The van der Waals surface area contributed by atoms with E-state index in [1.54, 1.807) is 42.8 Å². The highest BCUT2D eigenvalue weighted by atomic mass is 16.5. The molecule has 0 radical (unpaired) electrons. The fourth-order valence-corrected chi connectivity index (χ4v) is 8.52. The normalized spacial score (nSPS) is 18.0. The second-order valence-corrected chi connectivity index (χ2v) is 17.1. The van der Waals surface area contributed by atoms with Crippen molar-refractivity contribution in [2.24, 2.45) is 17.8 Å². The van der Waals surface area contributed by atoms with Crippen LogP contribution in [-0.2, 0) is 46.3 Å². The second-order valence-electron chi connectivity index (χ2n) is 17.1. The quantitative estimate of drug-likeness (QED) is 0.109. The van der Waals surface area contributed by atoms with Gasteiger partial charge in [0.05, 0.1) is 36.6 Å². The van der Waals surface area contributed by atoms with E-state index in [1.165, 1.54) is 14.2 Å². The Kier molecular flexibility index (Phi) is 19.9. The second kappa shape index (κ2) is 24.0. The zero-order chi connectivity index (χ0) is 45.6. The van der Waals surface area contributed by atoms with Crippen LogP contribution in [-0.4, -0.2) is 138 Å². The van der Waals surface area contributed by atoms with Crippen molar-refractivity contribution >= 4 is 29.6 Å². The van der Waals surface area contributed by atoms with Gasteiger partial charge in [-0.2, -0.15) is 0 Å². The van der Waals surface area contributed by atoms with Gasteiger partial charge in [-0.25, -0.2) is 4.79 Å². The lowest BCUT2D eigenvalue weighted by Crippen LogP contribution is -2.59. The molecule has 9 atom stereocenters. The third-order valence-electron chi connectivity index (χ3n) is 12.2. The number of phenols is 1. The lowest BCUT2D eigenvalue weighted by atomic mass is 9.89. The number of carbonyl (C=O) groups is 5. The summed E-state index contributed by atoms with van der Waals surface area (Å²) in [7, 11) is 6.55. The number of phenolic OH excluding ortho intramolecular Hbond substituents is 1. The number of aliphatic carboxylic acids is 1. The Balaban J connectivity index is 1.76. The van der Waals surface area contributed by atoms with E-state index >= 15 is 0 Å². The van der Waals surface area contributed by atoms with Gasteiger partial charge < -0.3 is 40.1 Å². The predicted octanol–water partition coefficient (Wildman–Crippen LogP) is 4.68. The van der Waals surface area contributed by atoms with Crippen molar-refractivity contribution in [1.29, 1.82) is 0 Å². The standard InChI is InChI=1S/C47H71N5O9/c1-12-31(6)42(51(9)46(57)40(29(2)3)49-45(56)41(30(4)5)50(8)26-24-33-20-22-35(53)23-21-33)38(60-10)28-39(54)52-25-16-19-37(52)43(61-11)32(7)44(55)48-36(47(58)59)27-34-17-14-13-15-18-34/h13-15,17-18,20-23,29,31-32,36-38,40-43,53H,4,12,16,19,24-28H2,1-3,5-11H3,(H,48,55)(H,49,56)(H,58,59)/t31-,32+,36-,37-,38+,40-,41-,42-,43+/m0/s1. The van der Waals surface area contributed by atoms with E-state index < -0.39 is 60.2 Å². The molecule has 1 heterocycles. The monoisotopic (exact) mass is 850 g/mol. The summed E-state index contributed by atoms with van der Waals surface area (Å²) in [6, 6.07) is 12.3. The third-order valence-corrected chi connectivity index (χ3v) is 12.2. The first-order valence-electron chi connectivity index (χ1n) is 21.5. The molecule has 2 aromatic carbocycles. The van der Waals surface area contributed by atoms with Crippen LogP contribution < -0.4 is 10.6 Å². The van der Waals surface area contributed by atoms with Crippen LogP contribution in [0.4, 0.5) is 0 Å². The fourth-order valence-electron chi connectivity index (χ4n) is 8.52. The zero-order valence-corrected chi connectivity index (χ0v) is 37.9. The number of methoxy groups -OCH3 is 2. The molecule has 4 N–H and O–H groups in total. The molecule has 1 aliphatic rings. The summed E-state index contributed by atoms with van der Waals surface area (Å²) in [5, 5.41) is 25.3. The molecule has 338 valence electrons. The van der Waals surface area contributed by atoms with Gasteiger partial charge in [0.15, 0.2) is 0 Å². The van der Waals surface area contributed by atoms with Crippen LogP contribution in [0.5, 0.6) is 5.75 Å². The SMILES string of the molecule is C=C(C)[C@@H](C(=O)N[C@H](C(=O)N(C)[C@@H]([C@@H](C)CC)[C@@H](CC(=O)N1CCC[C@H]1[C@H](OC)[C@@H](C)C(=O)N[C@@H](Cc1ccccc1)C(=O)O)OC)C(C)C)N(C)CCc1ccc(O)cc1. The Hall–Kier alpha value is -4.79. The van der Waals surface area contributed by atoms with E-state index in [0.29, 0.717) is 44.3 Å². The number of likely N-dealkylation sites (tertiary alicyclic amines) is 1. The van der Waals surface area contributed by atoms with Crippen molar-refractivity contribution in [3.05, 3.63) is 77.9 Å². The van der Waals surface area contributed by atoms with Crippen molar-refractivity contribution in [3.8, 4) is 5.75 Å². The molecule has 1 aliphatic heterocycles. The highest BCUT2D eigenvalue weighted by Gasteiger charge is 2.43. The predicted molar refractivity (Wildman–Crippen MR) is 236 cm³/mol. The topological polar surface area (TPSA) is 178 Å². The lowest BCUT2D eigenvalue weighted by Gasteiger charge is -2.41. The highest BCUT2D eigenvalue weighted by molar-refractivity contribution is 5.91. The third kappa shape index (κ3) is 13.9. The van der Waals surface area contributed by atoms with Crippen molar-refractivity contribution in [2.75, 3.05) is 41.4 Å². The summed E-state index contributed by atoms with van der Waals surface area (Å²) in [4.78, 5) is 73.7. The van der Waals surface area contributed by atoms with Gasteiger partial charge in [0.25, 0.3) is 0 Å². The summed E-state index contributed by atoms with van der Waals surface area (Å²) in [5.74, 6) is -3.44. The highest BCUT2D eigenvalue weighted by Crippen LogP contribution is 2.30. The van der Waals surface area contributed by atoms with Crippen LogP contribution in [0.15, 0.2) is 66.7 Å². The molecule has 14 heteroatoms. The lowest BCUT2D eigenvalue weighted by molar-refractivity contribution is -0.148. The summed E-state index contributed by atoms with van der Waals surface area (Å²) >= 11 is 0. The van der Waals surface area contributed by atoms with Gasteiger partial charge in [0, 0.05) is 40.8 Å². The molecule has 61 heavy (non-hydrogen) atoms. The van der Waals surface area contributed by atoms with Gasteiger partial charge in [0.2, 0.25) is 23.6 Å². The minimum absolute atomic E-state index is 0.0446. The zero-order valence-electron chi connectivity index (χ0n) is 37.9. The number of aromatic hydroxyl groups is 1. The molecule has 1 saturated heterocycles.